The highest BCUT2D eigenvalue weighted by Gasteiger charge is 2.20. The van der Waals surface area contributed by atoms with Crippen molar-refractivity contribution in [2.75, 3.05) is 23.9 Å². The third-order valence-electron chi connectivity index (χ3n) is 8.79. The molecule has 4 nitrogen and oxygen atoms in total. The van der Waals surface area contributed by atoms with Crippen molar-refractivity contribution in [2.45, 2.75) is 6.42 Å². The number of carbonyl (C=O) groups excluding carboxylic acids is 1. The molecule has 0 fully saturated rings. The molecule has 264 valence electrons. The number of carbonyl (C=O) groups is 1. The largest absolute Gasteiger partial charge is 0.311 e. The van der Waals surface area contributed by atoms with E-state index in [1.54, 1.807) is 23.1 Å². The predicted octanol–water partition coefficient (Wildman–Crippen LogP) is 11.7. The number of fused-ring (bicyclic) bond motifs is 2. The van der Waals surface area contributed by atoms with Crippen molar-refractivity contribution in [1.29, 1.82) is 5.26 Å². The molecule has 0 radical (unpaired) electrons. The van der Waals surface area contributed by atoms with E-state index in [9.17, 15) is 9.18 Å². The average Bonchev–Trinajstić information content (AvgIpc) is 3.20. The number of anilines is 2. The van der Waals surface area contributed by atoms with Crippen LogP contribution in [0.15, 0.2) is 152 Å². The quantitative estimate of drug-likeness (QED) is 0.0549. The molecular weight excluding hydrogens is 895 g/mol. The number of likely N-dealkylation sites (N-methyl/N-ethyl adjacent to an activating group) is 1. The summed E-state index contributed by atoms with van der Waals surface area (Å²) >= 11 is 4.67. The van der Waals surface area contributed by atoms with Gasteiger partial charge in [-0.1, -0.05) is 109 Å². The van der Waals surface area contributed by atoms with E-state index >= 15 is 0 Å². The molecule has 0 aromatic heterocycles. The third kappa shape index (κ3) is 9.17. The number of nitriles is 1. The Kier molecular flexibility index (Phi) is 12.8. The smallest absolute Gasteiger partial charge is 0.258 e. The molecule has 0 saturated carbocycles. The van der Waals surface area contributed by atoms with Gasteiger partial charge in [0.05, 0.1) is 23.0 Å². The number of hydrogen-bond acceptors (Lipinski definition) is 3. The van der Waals surface area contributed by atoms with Gasteiger partial charge < -0.3 is 9.80 Å². The van der Waals surface area contributed by atoms with E-state index in [1.807, 2.05) is 97.9 Å². The minimum Gasteiger partial charge on any atom is -0.311 e. The van der Waals surface area contributed by atoms with Crippen LogP contribution in [0.5, 0.6) is 0 Å². The lowest BCUT2D eigenvalue weighted by Crippen LogP contribution is -2.27. The second-order valence-corrected chi connectivity index (χ2v) is 14.7. The molecular formula is C47H34FI2N3O. The number of benzene rings is 7. The summed E-state index contributed by atoms with van der Waals surface area (Å²) in [5.41, 5.74) is 5.74. The van der Waals surface area contributed by atoms with E-state index in [-0.39, 0.29) is 11.7 Å². The normalized spacial score (nSPS) is 10.8. The molecule has 0 spiro atoms. The van der Waals surface area contributed by atoms with Crippen molar-refractivity contribution in [3.63, 3.8) is 0 Å². The molecule has 0 aliphatic rings. The first-order chi connectivity index (χ1) is 26.2. The number of nitrogens with zero attached hydrogens (tertiary/aromatic N) is 3. The van der Waals surface area contributed by atoms with E-state index < -0.39 is 0 Å². The summed E-state index contributed by atoms with van der Waals surface area (Å²) in [6.45, 7) is 0. The van der Waals surface area contributed by atoms with Crippen molar-refractivity contribution in [2.24, 2.45) is 0 Å². The zero-order valence-electron chi connectivity index (χ0n) is 29.6. The van der Waals surface area contributed by atoms with Gasteiger partial charge >= 0.3 is 0 Å². The molecule has 0 bridgehead atoms. The van der Waals surface area contributed by atoms with Gasteiger partial charge in [0.1, 0.15) is 5.82 Å². The molecule has 0 unspecified atom stereocenters. The summed E-state index contributed by atoms with van der Waals surface area (Å²) in [7, 11) is 3.77. The molecule has 7 aromatic carbocycles. The Balaban J connectivity index is 0.000000193. The predicted molar refractivity (Wildman–Crippen MR) is 238 cm³/mol. The molecule has 0 aliphatic heterocycles. The van der Waals surface area contributed by atoms with Crippen LogP contribution in [-0.2, 0) is 11.2 Å². The zero-order chi connectivity index (χ0) is 38.0. The summed E-state index contributed by atoms with van der Waals surface area (Å²) in [6.07, 6.45) is 2.41. The Morgan fingerprint density at radius 2 is 1.28 bits per heavy atom. The van der Waals surface area contributed by atoms with Crippen molar-refractivity contribution in [3.8, 4) is 18.0 Å². The highest BCUT2D eigenvalue weighted by atomic mass is 127. The fourth-order valence-corrected chi connectivity index (χ4v) is 7.67. The Bertz CT molecular complexity index is 2580. The zero-order valence-corrected chi connectivity index (χ0v) is 33.9. The summed E-state index contributed by atoms with van der Waals surface area (Å²) in [5, 5.41) is 13.6. The minimum atomic E-state index is -0.221. The molecule has 7 rings (SSSR count). The van der Waals surface area contributed by atoms with E-state index in [4.69, 9.17) is 5.26 Å². The second kappa shape index (κ2) is 18.0. The second-order valence-electron chi connectivity index (χ2n) is 12.4. The maximum atomic E-state index is 13.7. The van der Waals surface area contributed by atoms with E-state index in [2.05, 4.69) is 112 Å². The first kappa shape index (κ1) is 38.2. The monoisotopic (exact) mass is 929 g/mol. The van der Waals surface area contributed by atoms with Crippen molar-refractivity contribution < 1.29 is 9.18 Å². The van der Waals surface area contributed by atoms with Crippen LogP contribution in [0.4, 0.5) is 15.8 Å². The first-order valence-corrected chi connectivity index (χ1v) is 19.3. The standard InChI is InChI=1S/C27H19IN2O.C20H15FIN/c1-30(25-12-6-10-22-9-5-11-24(28)26(22)25)27(31)23(21-7-3-2-4-8-21)17-19-13-15-20(18-29)16-14-19;1-23(13-5-7-15-6-2-10-17(21)14-15)19-12-4-9-16-8-3-11-18(22)20(16)19/h2-17H,1H3;2-4,6,8-12,14H,7H2,1H3. The number of hydrogen-bond donors (Lipinski definition) is 0. The van der Waals surface area contributed by atoms with E-state index in [1.165, 1.54) is 26.5 Å². The van der Waals surface area contributed by atoms with Crippen molar-refractivity contribution in [3.05, 3.63) is 187 Å². The van der Waals surface area contributed by atoms with Gasteiger partial charge in [0, 0.05) is 50.0 Å². The Morgan fingerprint density at radius 3 is 1.89 bits per heavy atom. The van der Waals surface area contributed by atoms with Crippen LogP contribution in [0.3, 0.4) is 0 Å². The summed E-state index contributed by atoms with van der Waals surface area (Å²) in [5.74, 6) is 2.80. The van der Waals surface area contributed by atoms with Crippen molar-refractivity contribution >= 4 is 95.7 Å². The fourth-order valence-electron chi connectivity index (χ4n) is 6.08. The summed E-state index contributed by atoms with van der Waals surface area (Å²) in [4.78, 5) is 17.4. The third-order valence-corrected chi connectivity index (χ3v) is 10.6. The van der Waals surface area contributed by atoms with E-state index in [0.717, 1.165) is 42.4 Å². The van der Waals surface area contributed by atoms with Gasteiger partial charge in [-0.05, 0) is 127 Å². The lowest BCUT2D eigenvalue weighted by molar-refractivity contribution is -0.113. The fraction of sp³-hybridized carbons (Fsp3) is 0.0638. The summed E-state index contributed by atoms with van der Waals surface area (Å²) < 4.78 is 15.5. The van der Waals surface area contributed by atoms with Crippen LogP contribution in [0.2, 0.25) is 0 Å². The number of halogens is 3. The molecule has 1 amide bonds. The molecule has 0 N–H and O–H groups in total. The minimum absolute atomic E-state index is 0.0947. The van der Waals surface area contributed by atoms with Crippen LogP contribution < -0.4 is 9.80 Å². The number of rotatable bonds is 6. The van der Waals surface area contributed by atoms with Crippen LogP contribution in [0, 0.1) is 36.3 Å². The van der Waals surface area contributed by atoms with Gasteiger partial charge in [0.15, 0.2) is 0 Å². The molecule has 0 saturated heterocycles. The Labute approximate surface area is 342 Å². The molecule has 54 heavy (non-hydrogen) atoms. The highest BCUT2D eigenvalue weighted by Crippen LogP contribution is 2.33. The van der Waals surface area contributed by atoms with Crippen molar-refractivity contribution in [1.82, 2.24) is 0 Å². The van der Waals surface area contributed by atoms with Gasteiger partial charge in [-0.3, -0.25) is 4.79 Å². The maximum Gasteiger partial charge on any atom is 0.258 e. The lowest BCUT2D eigenvalue weighted by Gasteiger charge is -2.22. The van der Waals surface area contributed by atoms with Crippen LogP contribution in [0.25, 0.3) is 33.2 Å². The summed E-state index contributed by atoms with van der Waals surface area (Å²) in [6, 6.07) is 53.4. The van der Waals surface area contributed by atoms with Crippen LogP contribution in [-0.4, -0.2) is 20.0 Å². The van der Waals surface area contributed by atoms with E-state index in [0.29, 0.717) is 17.6 Å². The highest BCUT2D eigenvalue weighted by molar-refractivity contribution is 14.1. The molecule has 7 aromatic rings. The van der Waals surface area contributed by atoms with Crippen LogP contribution >= 0.6 is 45.2 Å². The Hall–Kier alpha value is -5.49. The molecule has 0 atom stereocenters. The topological polar surface area (TPSA) is 47.3 Å². The first-order valence-electron chi connectivity index (χ1n) is 17.1. The molecule has 7 heteroatoms. The van der Waals surface area contributed by atoms with Gasteiger partial charge in [0.25, 0.3) is 5.91 Å². The maximum absolute atomic E-state index is 13.7. The van der Waals surface area contributed by atoms with Gasteiger partial charge in [-0.2, -0.15) is 5.26 Å². The average molecular weight is 930 g/mol. The lowest BCUT2D eigenvalue weighted by atomic mass is 10.00. The molecule has 0 aliphatic carbocycles. The Morgan fingerprint density at radius 1 is 0.704 bits per heavy atom. The van der Waals surface area contributed by atoms with Gasteiger partial charge in [-0.25, -0.2) is 4.39 Å². The number of amides is 1. The van der Waals surface area contributed by atoms with Gasteiger partial charge in [0.2, 0.25) is 0 Å². The van der Waals surface area contributed by atoms with Gasteiger partial charge in [-0.15, -0.1) is 0 Å². The van der Waals surface area contributed by atoms with Crippen LogP contribution in [0.1, 0.15) is 22.3 Å². The SMILES string of the molecule is CN(C#CCc1cccc(F)c1)c1cccc2cccc(I)c12.CN(C(=O)C(=Cc1ccc(C#N)cc1)c1ccccc1)c1cccc2cccc(I)c12. The molecule has 0 heterocycles.